The molecule has 1 unspecified atom stereocenters. The largest absolute Gasteiger partial charge is 0.506 e. The van der Waals surface area contributed by atoms with Crippen LogP contribution in [0, 0.1) is 5.82 Å². The third-order valence-corrected chi connectivity index (χ3v) is 7.72. The number of likely N-dealkylation sites (tertiary alicyclic amines) is 1. The van der Waals surface area contributed by atoms with E-state index in [1.807, 2.05) is 17.0 Å². The van der Waals surface area contributed by atoms with E-state index < -0.39 is 11.2 Å². The molecule has 2 saturated heterocycles. The maximum Gasteiger partial charge on any atom is 0.241 e. The number of phenols is 1. The van der Waals surface area contributed by atoms with Crippen LogP contribution in [0.25, 0.3) is 0 Å². The third-order valence-electron chi connectivity index (χ3n) is 7.72. The molecule has 3 fully saturated rings. The highest BCUT2D eigenvalue weighted by Gasteiger charge is 2.56. The van der Waals surface area contributed by atoms with Gasteiger partial charge in [-0.2, -0.15) is 0 Å². The first-order valence-corrected chi connectivity index (χ1v) is 12.3. The zero-order valence-electron chi connectivity index (χ0n) is 19.7. The van der Waals surface area contributed by atoms with E-state index in [2.05, 4.69) is 0 Å². The van der Waals surface area contributed by atoms with Crippen LogP contribution >= 0.6 is 0 Å². The lowest BCUT2D eigenvalue weighted by Crippen LogP contribution is -2.51. The van der Waals surface area contributed by atoms with Gasteiger partial charge in [0.15, 0.2) is 0 Å². The number of carbonyl (C=O) groups is 3. The molecule has 2 aromatic carbocycles. The highest BCUT2D eigenvalue weighted by atomic mass is 19.1. The number of hydrogen-bond donors (Lipinski definition) is 1. The van der Waals surface area contributed by atoms with Gasteiger partial charge in [-0.1, -0.05) is 37.1 Å². The van der Waals surface area contributed by atoms with Gasteiger partial charge in [-0.05, 0) is 42.7 Å². The predicted octanol–water partition coefficient (Wildman–Crippen LogP) is 3.21. The van der Waals surface area contributed by atoms with E-state index in [-0.39, 0.29) is 42.4 Å². The van der Waals surface area contributed by atoms with Crippen LogP contribution in [-0.2, 0) is 19.8 Å². The van der Waals surface area contributed by atoms with E-state index in [1.54, 1.807) is 23.1 Å². The van der Waals surface area contributed by atoms with Gasteiger partial charge in [0.1, 0.15) is 11.6 Å². The van der Waals surface area contributed by atoms with E-state index in [4.69, 9.17) is 0 Å². The first kappa shape index (κ1) is 23.3. The lowest BCUT2D eigenvalue weighted by Gasteiger charge is -2.38. The molecule has 0 radical (unpaired) electrons. The summed E-state index contributed by atoms with van der Waals surface area (Å²) in [5.74, 6) is -1.17. The Hall–Kier alpha value is -3.42. The fraction of sp³-hybridized carbons (Fsp3) is 0.444. The monoisotopic (exact) mass is 479 g/mol. The van der Waals surface area contributed by atoms with Gasteiger partial charge in [0, 0.05) is 45.1 Å². The zero-order chi connectivity index (χ0) is 24.6. The minimum absolute atomic E-state index is 0.116. The molecule has 1 N–H and O–H groups in total. The number of hydrogen-bond acceptors (Lipinski definition) is 5. The van der Waals surface area contributed by atoms with Crippen molar-refractivity contribution in [2.45, 2.75) is 50.0 Å². The van der Waals surface area contributed by atoms with Crippen LogP contribution in [0.4, 0.5) is 10.1 Å². The van der Waals surface area contributed by atoms with Crippen LogP contribution in [-0.4, -0.2) is 64.8 Å². The second-order valence-corrected chi connectivity index (χ2v) is 9.81. The number of rotatable bonds is 5. The van der Waals surface area contributed by atoms with Crippen molar-refractivity contribution in [3.05, 3.63) is 59.9 Å². The molecule has 2 aliphatic heterocycles. The van der Waals surface area contributed by atoms with Gasteiger partial charge < -0.3 is 14.9 Å². The van der Waals surface area contributed by atoms with Crippen LogP contribution in [0.5, 0.6) is 5.75 Å². The van der Waals surface area contributed by atoms with E-state index >= 15 is 0 Å². The Kier molecular flexibility index (Phi) is 6.21. The van der Waals surface area contributed by atoms with Gasteiger partial charge in [0.25, 0.3) is 0 Å². The van der Waals surface area contributed by atoms with E-state index in [1.165, 1.54) is 23.1 Å². The Morgan fingerprint density at radius 1 is 1.00 bits per heavy atom. The number of benzene rings is 2. The van der Waals surface area contributed by atoms with Crippen LogP contribution in [0.2, 0.25) is 0 Å². The van der Waals surface area contributed by atoms with Crippen molar-refractivity contribution in [2.75, 3.05) is 31.1 Å². The van der Waals surface area contributed by atoms with Crippen LogP contribution in [0.3, 0.4) is 0 Å². The minimum Gasteiger partial charge on any atom is -0.506 e. The van der Waals surface area contributed by atoms with Crippen LogP contribution in [0.15, 0.2) is 48.5 Å². The molecule has 184 valence electrons. The maximum absolute atomic E-state index is 14.2. The lowest BCUT2D eigenvalue weighted by atomic mass is 9.75. The van der Waals surface area contributed by atoms with Gasteiger partial charge in [0.05, 0.1) is 11.1 Å². The highest BCUT2D eigenvalue weighted by Crippen LogP contribution is 2.43. The van der Waals surface area contributed by atoms with Crippen molar-refractivity contribution < 1.29 is 23.9 Å². The van der Waals surface area contributed by atoms with Crippen LogP contribution in [0.1, 0.15) is 44.1 Å². The summed E-state index contributed by atoms with van der Waals surface area (Å²) in [6, 6.07) is 12.7. The summed E-state index contributed by atoms with van der Waals surface area (Å²) in [4.78, 5) is 45.5. The first-order chi connectivity index (χ1) is 16.9. The molecule has 0 aromatic heterocycles. The number of imide groups is 1. The molecular formula is C27H30FN3O4. The number of aromatic hydroxyl groups is 1. The summed E-state index contributed by atoms with van der Waals surface area (Å²) in [5, 5.41) is 10.2. The molecule has 2 aromatic rings. The fourth-order valence-electron chi connectivity index (χ4n) is 5.84. The van der Waals surface area contributed by atoms with Crippen molar-refractivity contribution >= 4 is 23.4 Å². The van der Waals surface area contributed by atoms with Gasteiger partial charge in [-0.3, -0.25) is 19.3 Å². The van der Waals surface area contributed by atoms with Gasteiger partial charge in [-0.15, -0.1) is 0 Å². The number of piperazine rings is 1. The molecule has 1 aliphatic carbocycles. The van der Waals surface area contributed by atoms with Crippen molar-refractivity contribution in [2.24, 2.45) is 0 Å². The summed E-state index contributed by atoms with van der Waals surface area (Å²) in [7, 11) is 0. The van der Waals surface area contributed by atoms with Crippen LogP contribution < -0.4 is 4.90 Å². The van der Waals surface area contributed by atoms with Crippen molar-refractivity contribution in [3.8, 4) is 5.75 Å². The first-order valence-electron chi connectivity index (χ1n) is 12.3. The Bertz CT molecular complexity index is 1140. The lowest BCUT2D eigenvalue weighted by molar-refractivity contribution is -0.144. The SMILES string of the molecule is O=C(CC1(c2cccc(F)c2)CC(=O)N(C2CCCC2)C1=O)N1CCN(c2ccccc2O)CC1. The average Bonchev–Trinajstić information content (AvgIpc) is 3.46. The fourth-order valence-corrected chi connectivity index (χ4v) is 5.84. The molecule has 0 spiro atoms. The molecule has 5 rings (SSSR count). The second kappa shape index (κ2) is 9.32. The molecule has 8 heteroatoms. The summed E-state index contributed by atoms with van der Waals surface area (Å²) in [6.07, 6.45) is 3.21. The van der Waals surface area contributed by atoms with Gasteiger partial charge >= 0.3 is 0 Å². The Balaban J connectivity index is 1.37. The summed E-state index contributed by atoms with van der Waals surface area (Å²) in [6.45, 7) is 1.94. The van der Waals surface area contributed by atoms with E-state index in [9.17, 15) is 23.9 Å². The van der Waals surface area contributed by atoms with Gasteiger partial charge in [0.2, 0.25) is 17.7 Å². The van der Waals surface area contributed by atoms with Crippen molar-refractivity contribution in [1.82, 2.24) is 9.80 Å². The standard InChI is InChI=1S/C27H30FN3O4/c28-20-7-5-6-19(16-20)27(18-25(34)31(26(27)35)21-8-1-2-9-21)17-24(33)30-14-12-29(13-15-30)22-10-3-4-11-23(22)32/h3-7,10-11,16,21,32H,1-2,8-9,12-15,17-18H2. The number of carbonyl (C=O) groups excluding carboxylic acids is 3. The summed E-state index contributed by atoms with van der Waals surface area (Å²) < 4.78 is 14.2. The smallest absolute Gasteiger partial charge is 0.241 e. The average molecular weight is 480 g/mol. The molecule has 0 bridgehead atoms. The van der Waals surface area contributed by atoms with E-state index in [0.29, 0.717) is 31.7 Å². The third kappa shape index (κ3) is 4.26. The number of halogens is 1. The summed E-state index contributed by atoms with van der Waals surface area (Å²) >= 11 is 0. The molecule has 1 atom stereocenters. The molecule has 3 amide bonds. The number of amides is 3. The zero-order valence-corrected chi connectivity index (χ0v) is 19.7. The van der Waals surface area contributed by atoms with Gasteiger partial charge in [-0.25, -0.2) is 4.39 Å². The maximum atomic E-state index is 14.2. The normalized spacial score (nSPS) is 23.4. The second-order valence-electron chi connectivity index (χ2n) is 9.81. The number of nitrogens with zero attached hydrogens (tertiary/aromatic N) is 3. The Morgan fingerprint density at radius 3 is 2.40 bits per heavy atom. The minimum atomic E-state index is -1.38. The van der Waals surface area contributed by atoms with E-state index in [0.717, 1.165) is 31.4 Å². The topological polar surface area (TPSA) is 81.2 Å². The number of para-hydroxylation sites is 2. The highest BCUT2D eigenvalue weighted by molar-refractivity contribution is 6.11. The molecular weight excluding hydrogens is 449 g/mol. The Labute approximate surface area is 204 Å². The van der Waals surface area contributed by atoms with Crippen molar-refractivity contribution in [1.29, 1.82) is 0 Å². The molecule has 7 nitrogen and oxygen atoms in total. The molecule has 35 heavy (non-hydrogen) atoms. The Morgan fingerprint density at radius 2 is 1.71 bits per heavy atom. The van der Waals surface area contributed by atoms with Crippen molar-refractivity contribution in [3.63, 3.8) is 0 Å². The number of anilines is 1. The summed E-state index contributed by atoms with van der Waals surface area (Å²) in [5.41, 5.74) is -0.273. The molecule has 1 saturated carbocycles. The predicted molar refractivity (Wildman–Crippen MR) is 128 cm³/mol. The number of phenolic OH excluding ortho intramolecular Hbond substituents is 1. The molecule has 3 aliphatic rings. The quantitative estimate of drug-likeness (QED) is 0.666. The molecule has 2 heterocycles.